The van der Waals surface area contributed by atoms with Gasteiger partial charge in [-0.1, -0.05) is 18.2 Å². The predicted octanol–water partition coefficient (Wildman–Crippen LogP) is 1.85. The Morgan fingerprint density at radius 1 is 1.60 bits per heavy atom. The molecule has 0 aliphatic heterocycles. The number of rotatable bonds is 3. The first-order valence-electron chi connectivity index (χ1n) is 3.28. The largest absolute Gasteiger partial charge is 0.276 e. The molecular formula is C8H10NO. The van der Waals surface area contributed by atoms with Crippen LogP contribution in [0.3, 0.4) is 0 Å². The van der Waals surface area contributed by atoms with Gasteiger partial charge in [0.15, 0.2) is 0 Å². The van der Waals surface area contributed by atoms with E-state index in [4.69, 9.17) is 4.84 Å². The van der Waals surface area contributed by atoms with Crippen molar-refractivity contribution in [2.24, 2.45) is 0 Å². The highest BCUT2D eigenvalue weighted by Gasteiger charge is 1.85. The molecule has 0 atom stereocenters. The molecule has 10 heavy (non-hydrogen) atoms. The van der Waals surface area contributed by atoms with Crippen molar-refractivity contribution in [1.29, 1.82) is 0 Å². The molecule has 0 heterocycles. The van der Waals surface area contributed by atoms with Crippen molar-refractivity contribution in [2.45, 2.75) is 6.92 Å². The monoisotopic (exact) mass is 136 g/mol. The molecule has 1 N–H and O–H groups in total. The Morgan fingerprint density at radius 3 is 3.10 bits per heavy atom. The summed E-state index contributed by atoms with van der Waals surface area (Å²) < 4.78 is 0. The standard InChI is InChI=1S/C8H10NO/c1-2-10-9-8-6-4-3-5-7-8/h3-6,9H,2H2,1H3. The number of anilines is 1. The van der Waals surface area contributed by atoms with Gasteiger partial charge >= 0.3 is 0 Å². The Labute approximate surface area is 60.8 Å². The van der Waals surface area contributed by atoms with E-state index in [1.807, 2.05) is 31.2 Å². The molecule has 0 spiro atoms. The second kappa shape index (κ2) is 3.90. The second-order valence-corrected chi connectivity index (χ2v) is 1.81. The van der Waals surface area contributed by atoms with Crippen LogP contribution >= 0.6 is 0 Å². The first-order chi connectivity index (χ1) is 4.93. The molecule has 0 aliphatic carbocycles. The minimum atomic E-state index is 0.655. The van der Waals surface area contributed by atoms with Gasteiger partial charge in [-0.3, -0.25) is 10.3 Å². The van der Waals surface area contributed by atoms with E-state index in [1.165, 1.54) is 0 Å². The van der Waals surface area contributed by atoms with E-state index in [0.29, 0.717) is 6.61 Å². The molecule has 1 aromatic rings. The smallest absolute Gasteiger partial charge is 0.0717 e. The third-order valence-corrected chi connectivity index (χ3v) is 1.04. The Morgan fingerprint density at radius 2 is 2.50 bits per heavy atom. The predicted molar refractivity (Wildman–Crippen MR) is 40.5 cm³/mol. The Kier molecular flexibility index (Phi) is 2.77. The fourth-order valence-corrected chi connectivity index (χ4v) is 0.607. The van der Waals surface area contributed by atoms with Crippen molar-refractivity contribution in [3.8, 4) is 0 Å². The van der Waals surface area contributed by atoms with Gasteiger partial charge in [0.05, 0.1) is 12.3 Å². The minimum Gasteiger partial charge on any atom is -0.276 e. The van der Waals surface area contributed by atoms with Crippen molar-refractivity contribution < 1.29 is 4.84 Å². The van der Waals surface area contributed by atoms with Crippen LogP contribution in [0.1, 0.15) is 6.92 Å². The first kappa shape index (κ1) is 7.09. The molecule has 2 nitrogen and oxygen atoms in total. The number of nitrogens with one attached hydrogen (secondary N) is 1. The quantitative estimate of drug-likeness (QED) is 0.640. The van der Waals surface area contributed by atoms with E-state index in [0.717, 1.165) is 5.69 Å². The summed E-state index contributed by atoms with van der Waals surface area (Å²) in [5.74, 6) is 0. The summed E-state index contributed by atoms with van der Waals surface area (Å²) in [7, 11) is 0. The lowest BCUT2D eigenvalue weighted by Crippen LogP contribution is -1.99. The Bertz CT molecular complexity index is 174. The average Bonchev–Trinajstić information content (AvgIpc) is 2.03. The maximum Gasteiger partial charge on any atom is 0.0717 e. The van der Waals surface area contributed by atoms with Crippen LogP contribution in [0.5, 0.6) is 0 Å². The van der Waals surface area contributed by atoms with Crippen molar-refractivity contribution in [3.05, 3.63) is 30.3 Å². The van der Waals surface area contributed by atoms with Gasteiger partial charge in [-0.15, -0.1) is 0 Å². The summed E-state index contributed by atoms with van der Waals surface area (Å²) in [6, 6.07) is 10.5. The highest BCUT2D eigenvalue weighted by atomic mass is 16.6. The van der Waals surface area contributed by atoms with E-state index in [9.17, 15) is 0 Å². The molecule has 1 rings (SSSR count). The second-order valence-electron chi connectivity index (χ2n) is 1.81. The van der Waals surface area contributed by atoms with Gasteiger partial charge in [0.1, 0.15) is 0 Å². The molecular weight excluding hydrogens is 126 g/mol. The van der Waals surface area contributed by atoms with E-state index < -0.39 is 0 Å². The van der Waals surface area contributed by atoms with Crippen molar-refractivity contribution >= 4 is 5.69 Å². The van der Waals surface area contributed by atoms with Crippen molar-refractivity contribution in [1.82, 2.24) is 0 Å². The van der Waals surface area contributed by atoms with Gasteiger partial charge in [0.2, 0.25) is 0 Å². The molecule has 0 saturated heterocycles. The summed E-state index contributed by atoms with van der Waals surface area (Å²) in [4.78, 5) is 4.94. The molecule has 1 aromatic carbocycles. The van der Waals surface area contributed by atoms with Crippen molar-refractivity contribution in [2.75, 3.05) is 12.1 Å². The zero-order chi connectivity index (χ0) is 7.23. The van der Waals surface area contributed by atoms with Crippen LogP contribution < -0.4 is 5.48 Å². The minimum absolute atomic E-state index is 0.655. The molecule has 0 unspecified atom stereocenters. The highest BCUT2D eigenvalue weighted by Crippen LogP contribution is 2.02. The molecule has 0 bridgehead atoms. The van der Waals surface area contributed by atoms with E-state index in [-0.39, 0.29) is 0 Å². The lowest BCUT2D eigenvalue weighted by atomic mass is 10.3. The average molecular weight is 136 g/mol. The summed E-state index contributed by atoms with van der Waals surface area (Å²) >= 11 is 0. The van der Waals surface area contributed by atoms with Gasteiger partial charge in [-0.05, 0) is 13.0 Å². The van der Waals surface area contributed by atoms with Crippen LogP contribution in [0.2, 0.25) is 0 Å². The zero-order valence-electron chi connectivity index (χ0n) is 5.92. The Hall–Kier alpha value is -1.02. The molecule has 2 heteroatoms. The van der Waals surface area contributed by atoms with Crippen LogP contribution in [-0.2, 0) is 4.84 Å². The molecule has 1 radical (unpaired) electrons. The highest BCUT2D eigenvalue weighted by molar-refractivity contribution is 5.38. The summed E-state index contributed by atoms with van der Waals surface area (Å²) in [5, 5.41) is 0. The molecule has 0 amide bonds. The van der Waals surface area contributed by atoms with Gasteiger partial charge in [0.25, 0.3) is 0 Å². The van der Waals surface area contributed by atoms with Crippen LogP contribution in [0.25, 0.3) is 0 Å². The number of benzene rings is 1. The van der Waals surface area contributed by atoms with E-state index >= 15 is 0 Å². The van der Waals surface area contributed by atoms with Crippen LogP contribution in [0.15, 0.2) is 24.3 Å². The first-order valence-corrected chi connectivity index (χ1v) is 3.28. The lowest BCUT2D eigenvalue weighted by molar-refractivity contribution is 0.210. The molecule has 0 saturated carbocycles. The van der Waals surface area contributed by atoms with Crippen LogP contribution in [0, 0.1) is 6.07 Å². The lowest BCUT2D eigenvalue weighted by Gasteiger charge is -2.01. The summed E-state index contributed by atoms with van der Waals surface area (Å²) in [6.45, 7) is 2.58. The summed E-state index contributed by atoms with van der Waals surface area (Å²) in [6.07, 6.45) is 0. The van der Waals surface area contributed by atoms with Crippen molar-refractivity contribution in [3.63, 3.8) is 0 Å². The third-order valence-electron chi connectivity index (χ3n) is 1.04. The van der Waals surface area contributed by atoms with Gasteiger partial charge in [0, 0.05) is 6.07 Å². The number of hydrogen-bond donors (Lipinski definition) is 1. The fraction of sp³-hybridized carbons (Fsp3) is 0.250. The molecule has 0 aromatic heterocycles. The van der Waals surface area contributed by atoms with Gasteiger partial charge < -0.3 is 0 Å². The summed E-state index contributed by atoms with van der Waals surface area (Å²) in [5.41, 5.74) is 3.60. The normalized spacial score (nSPS) is 9.30. The maximum atomic E-state index is 4.94. The van der Waals surface area contributed by atoms with E-state index in [1.54, 1.807) is 0 Å². The number of hydrogen-bond acceptors (Lipinski definition) is 2. The Balaban J connectivity index is 2.43. The van der Waals surface area contributed by atoms with Crippen LogP contribution in [0.4, 0.5) is 5.69 Å². The van der Waals surface area contributed by atoms with Gasteiger partial charge in [-0.25, -0.2) is 0 Å². The topological polar surface area (TPSA) is 21.3 Å². The van der Waals surface area contributed by atoms with Gasteiger partial charge in [-0.2, -0.15) is 0 Å². The van der Waals surface area contributed by atoms with Crippen LogP contribution in [-0.4, -0.2) is 6.61 Å². The molecule has 0 fully saturated rings. The number of para-hydroxylation sites is 1. The maximum absolute atomic E-state index is 4.94. The van der Waals surface area contributed by atoms with E-state index in [2.05, 4.69) is 11.5 Å². The molecule has 53 valence electrons. The zero-order valence-corrected chi connectivity index (χ0v) is 5.92. The third kappa shape index (κ3) is 2.07. The fourth-order valence-electron chi connectivity index (χ4n) is 0.607. The molecule has 0 aliphatic rings. The SMILES string of the molecule is CCONc1[c]cccc1.